The van der Waals surface area contributed by atoms with E-state index in [1.54, 1.807) is 29.4 Å². The third-order valence-electron chi connectivity index (χ3n) is 4.15. The van der Waals surface area contributed by atoms with E-state index >= 15 is 0 Å². The molecule has 0 saturated carbocycles. The standard InChI is InChI=1S/C19H21N5O2S/c1-12-11-13(2)23(21-12)17-9-10-18(25)24(22-17)14(3)19(26)20-15-7-5-6-8-16(15)27-4/h5-11,14H,1-4H3,(H,20,26)/t14-/m0/s1. The smallest absolute Gasteiger partial charge is 0.267 e. The summed E-state index contributed by atoms with van der Waals surface area (Å²) in [5.41, 5.74) is 2.12. The molecule has 0 aliphatic carbocycles. The van der Waals surface area contributed by atoms with Crippen LogP contribution in [0.2, 0.25) is 0 Å². The van der Waals surface area contributed by atoms with Gasteiger partial charge < -0.3 is 5.32 Å². The van der Waals surface area contributed by atoms with E-state index in [-0.39, 0.29) is 11.5 Å². The molecule has 1 N–H and O–H groups in total. The van der Waals surface area contributed by atoms with E-state index in [0.717, 1.165) is 16.3 Å². The molecule has 3 aromatic rings. The zero-order valence-electron chi connectivity index (χ0n) is 15.6. The molecular weight excluding hydrogens is 362 g/mol. The number of amides is 1. The Labute approximate surface area is 161 Å². The first kappa shape index (κ1) is 18.9. The van der Waals surface area contributed by atoms with Crippen LogP contribution in [0.25, 0.3) is 5.82 Å². The molecule has 1 amide bonds. The van der Waals surface area contributed by atoms with E-state index in [4.69, 9.17) is 0 Å². The van der Waals surface area contributed by atoms with Crippen molar-refractivity contribution in [3.63, 3.8) is 0 Å². The molecule has 2 aromatic heterocycles. The number of hydrogen-bond donors (Lipinski definition) is 1. The minimum absolute atomic E-state index is 0.309. The second-order valence-electron chi connectivity index (χ2n) is 6.18. The number of carbonyl (C=O) groups is 1. The lowest BCUT2D eigenvalue weighted by Gasteiger charge is -2.16. The van der Waals surface area contributed by atoms with Gasteiger partial charge in [0.15, 0.2) is 5.82 Å². The van der Waals surface area contributed by atoms with Gasteiger partial charge in [0.1, 0.15) is 6.04 Å². The Morgan fingerprint density at radius 2 is 1.89 bits per heavy atom. The van der Waals surface area contributed by atoms with E-state index in [1.807, 2.05) is 50.4 Å². The summed E-state index contributed by atoms with van der Waals surface area (Å²) >= 11 is 1.54. The predicted molar refractivity (Wildman–Crippen MR) is 107 cm³/mol. The van der Waals surface area contributed by atoms with Crippen LogP contribution in [0, 0.1) is 13.8 Å². The average Bonchev–Trinajstić information content (AvgIpc) is 3.00. The molecule has 1 atom stereocenters. The highest BCUT2D eigenvalue weighted by Crippen LogP contribution is 2.25. The van der Waals surface area contributed by atoms with Gasteiger partial charge in [0.25, 0.3) is 5.56 Å². The van der Waals surface area contributed by atoms with Crippen molar-refractivity contribution in [2.24, 2.45) is 0 Å². The van der Waals surface area contributed by atoms with Crippen LogP contribution in [-0.4, -0.2) is 31.7 Å². The summed E-state index contributed by atoms with van der Waals surface area (Å²) in [6.07, 6.45) is 1.94. The molecule has 0 bridgehead atoms. The second kappa shape index (κ2) is 7.79. The number of para-hydroxylation sites is 1. The third-order valence-corrected chi connectivity index (χ3v) is 4.94. The maximum atomic E-state index is 12.7. The molecule has 0 radical (unpaired) electrons. The molecule has 27 heavy (non-hydrogen) atoms. The fraction of sp³-hybridized carbons (Fsp3) is 0.263. The van der Waals surface area contributed by atoms with Crippen molar-refractivity contribution in [3.05, 3.63) is 64.2 Å². The minimum atomic E-state index is -0.774. The summed E-state index contributed by atoms with van der Waals surface area (Å²) in [5, 5.41) is 11.6. The first-order valence-electron chi connectivity index (χ1n) is 8.48. The van der Waals surface area contributed by atoms with Gasteiger partial charge in [-0.05, 0) is 51.3 Å². The number of aryl methyl sites for hydroxylation is 2. The van der Waals surface area contributed by atoms with Gasteiger partial charge >= 0.3 is 0 Å². The number of nitrogens with zero attached hydrogens (tertiary/aromatic N) is 4. The van der Waals surface area contributed by atoms with E-state index in [1.165, 1.54) is 10.7 Å². The number of rotatable bonds is 5. The van der Waals surface area contributed by atoms with Gasteiger partial charge in [0, 0.05) is 16.7 Å². The van der Waals surface area contributed by atoms with Gasteiger partial charge in [-0.2, -0.15) is 5.10 Å². The molecule has 0 aliphatic heterocycles. The number of nitrogens with one attached hydrogen (secondary N) is 1. The van der Waals surface area contributed by atoms with Crippen LogP contribution >= 0.6 is 11.8 Å². The number of thioether (sulfide) groups is 1. The Balaban J connectivity index is 1.91. The third kappa shape index (κ3) is 3.95. The lowest BCUT2D eigenvalue weighted by atomic mass is 10.2. The summed E-state index contributed by atoms with van der Waals surface area (Å²) in [7, 11) is 0. The van der Waals surface area contributed by atoms with Crippen molar-refractivity contribution in [1.29, 1.82) is 0 Å². The zero-order valence-corrected chi connectivity index (χ0v) is 16.4. The average molecular weight is 383 g/mol. The number of carbonyl (C=O) groups excluding carboxylic acids is 1. The van der Waals surface area contributed by atoms with Crippen LogP contribution in [0.4, 0.5) is 5.69 Å². The maximum Gasteiger partial charge on any atom is 0.267 e. The summed E-state index contributed by atoms with van der Waals surface area (Å²) in [4.78, 5) is 26.0. The highest BCUT2D eigenvalue weighted by Gasteiger charge is 2.19. The normalized spacial score (nSPS) is 12.0. The molecule has 0 spiro atoms. The van der Waals surface area contributed by atoms with Gasteiger partial charge in [-0.15, -0.1) is 16.9 Å². The molecule has 0 fully saturated rings. The molecule has 140 valence electrons. The number of hydrogen-bond acceptors (Lipinski definition) is 5. The van der Waals surface area contributed by atoms with Crippen molar-refractivity contribution in [2.75, 3.05) is 11.6 Å². The number of aromatic nitrogens is 4. The van der Waals surface area contributed by atoms with E-state index in [0.29, 0.717) is 11.5 Å². The van der Waals surface area contributed by atoms with Crippen molar-refractivity contribution in [3.8, 4) is 5.82 Å². The SMILES string of the molecule is CSc1ccccc1NC(=O)[C@H](C)n1nc(-n2nc(C)cc2C)ccc1=O. The molecule has 1 aromatic carbocycles. The Morgan fingerprint density at radius 3 is 2.56 bits per heavy atom. The molecule has 3 rings (SSSR count). The fourth-order valence-electron chi connectivity index (χ4n) is 2.76. The molecule has 7 nitrogen and oxygen atoms in total. The van der Waals surface area contributed by atoms with E-state index in [9.17, 15) is 9.59 Å². The van der Waals surface area contributed by atoms with Gasteiger partial charge in [-0.1, -0.05) is 12.1 Å². The maximum absolute atomic E-state index is 12.7. The molecule has 0 aliphatic rings. The number of benzene rings is 1. The Morgan fingerprint density at radius 1 is 1.15 bits per heavy atom. The summed E-state index contributed by atoms with van der Waals surface area (Å²) in [6.45, 7) is 5.45. The van der Waals surface area contributed by atoms with Gasteiger partial charge in [-0.25, -0.2) is 9.36 Å². The molecular formula is C19H21N5O2S. The molecule has 0 saturated heterocycles. The summed E-state index contributed by atoms with van der Waals surface area (Å²) in [6, 6.07) is 11.7. The highest BCUT2D eigenvalue weighted by atomic mass is 32.2. The largest absolute Gasteiger partial charge is 0.323 e. The van der Waals surface area contributed by atoms with Crippen molar-refractivity contribution in [1.82, 2.24) is 19.6 Å². The predicted octanol–water partition coefficient (Wildman–Crippen LogP) is 2.97. The monoisotopic (exact) mass is 383 g/mol. The fourth-order valence-corrected chi connectivity index (χ4v) is 3.32. The summed E-state index contributed by atoms with van der Waals surface area (Å²) < 4.78 is 2.84. The van der Waals surface area contributed by atoms with Crippen LogP contribution in [0.3, 0.4) is 0 Å². The minimum Gasteiger partial charge on any atom is -0.323 e. The van der Waals surface area contributed by atoms with Crippen LogP contribution < -0.4 is 10.9 Å². The number of anilines is 1. The lowest BCUT2D eigenvalue weighted by Crippen LogP contribution is -2.33. The van der Waals surface area contributed by atoms with Crippen LogP contribution in [0.5, 0.6) is 0 Å². The van der Waals surface area contributed by atoms with E-state index in [2.05, 4.69) is 15.5 Å². The zero-order chi connectivity index (χ0) is 19.6. The lowest BCUT2D eigenvalue weighted by molar-refractivity contribution is -0.119. The van der Waals surface area contributed by atoms with Crippen LogP contribution in [0.15, 0.2) is 52.2 Å². The van der Waals surface area contributed by atoms with Crippen molar-refractivity contribution < 1.29 is 4.79 Å². The van der Waals surface area contributed by atoms with Gasteiger partial charge in [-0.3, -0.25) is 9.59 Å². The van der Waals surface area contributed by atoms with Gasteiger partial charge in [0.05, 0.1) is 11.4 Å². The molecule has 0 unspecified atom stereocenters. The highest BCUT2D eigenvalue weighted by molar-refractivity contribution is 7.98. The van der Waals surface area contributed by atoms with Crippen LogP contribution in [-0.2, 0) is 4.79 Å². The Bertz CT molecular complexity index is 1040. The molecule has 8 heteroatoms. The quantitative estimate of drug-likeness (QED) is 0.685. The topological polar surface area (TPSA) is 81.8 Å². The Kier molecular flexibility index (Phi) is 5.46. The van der Waals surface area contributed by atoms with Crippen LogP contribution in [0.1, 0.15) is 24.4 Å². The van der Waals surface area contributed by atoms with Gasteiger partial charge in [0.2, 0.25) is 5.91 Å². The second-order valence-corrected chi connectivity index (χ2v) is 7.03. The Hall–Kier alpha value is -2.87. The first-order chi connectivity index (χ1) is 12.9. The van der Waals surface area contributed by atoms with Crippen molar-refractivity contribution in [2.45, 2.75) is 31.7 Å². The molecule has 2 heterocycles. The summed E-state index contributed by atoms with van der Waals surface area (Å²) in [5.74, 6) is 0.181. The first-order valence-corrected chi connectivity index (χ1v) is 9.70. The van der Waals surface area contributed by atoms with Crippen molar-refractivity contribution >= 4 is 23.4 Å². The van der Waals surface area contributed by atoms with E-state index < -0.39 is 6.04 Å².